The Bertz CT molecular complexity index is 523. The molecule has 0 fully saturated rings. The van der Waals surface area contributed by atoms with Gasteiger partial charge in [-0.3, -0.25) is 4.79 Å². The van der Waals surface area contributed by atoms with Gasteiger partial charge in [0.25, 0.3) is 5.91 Å². The summed E-state index contributed by atoms with van der Waals surface area (Å²) in [7, 11) is 0. The fourth-order valence-electron chi connectivity index (χ4n) is 2.14. The third kappa shape index (κ3) is 6.90. The van der Waals surface area contributed by atoms with Crippen LogP contribution in [0.2, 0.25) is 0 Å². The third-order valence-corrected chi connectivity index (χ3v) is 3.78. The Labute approximate surface area is 141 Å². The highest BCUT2D eigenvalue weighted by molar-refractivity contribution is 7.98. The number of carbonyl (C=O) groups excluding carboxylic acids is 2. The van der Waals surface area contributed by atoms with Crippen molar-refractivity contribution >= 4 is 23.8 Å². The fraction of sp³-hybridized carbons (Fsp3) is 0.562. The van der Waals surface area contributed by atoms with Crippen molar-refractivity contribution in [1.29, 1.82) is 0 Å². The van der Waals surface area contributed by atoms with E-state index in [1.54, 1.807) is 25.3 Å². The van der Waals surface area contributed by atoms with Crippen molar-refractivity contribution in [1.82, 2.24) is 15.6 Å². The molecule has 2 amide bonds. The van der Waals surface area contributed by atoms with Crippen LogP contribution in [0.1, 0.15) is 37.6 Å². The van der Waals surface area contributed by atoms with Gasteiger partial charge in [0, 0.05) is 18.8 Å². The van der Waals surface area contributed by atoms with Gasteiger partial charge in [0.15, 0.2) is 0 Å². The van der Waals surface area contributed by atoms with Crippen LogP contribution in [0, 0.1) is 5.92 Å². The molecule has 2 N–H and O–H groups in total. The van der Waals surface area contributed by atoms with Gasteiger partial charge in [0.1, 0.15) is 5.03 Å². The van der Waals surface area contributed by atoms with Gasteiger partial charge in [-0.25, -0.2) is 9.78 Å². The minimum Gasteiger partial charge on any atom is -0.450 e. The summed E-state index contributed by atoms with van der Waals surface area (Å²) in [6.07, 6.45) is 3.83. The van der Waals surface area contributed by atoms with E-state index in [1.165, 1.54) is 11.8 Å². The van der Waals surface area contributed by atoms with Crippen LogP contribution >= 0.6 is 11.8 Å². The van der Waals surface area contributed by atoms with E-state index < -0.39 is 6.09 Å². The second kappa shape index (κ2) is 10.1. The SMILES string of the molecule is CCOC(=O)N[C@@H](CNC(=O)c1cccnc1SC)CC(C)C. The molecule has 1 atom stereocenters. The van der Waals surface area contributed by atoms with Crippen LogP contribution in [-0.2, 0) is 4.74 Å². The molecule has 0 spiro atoms. The predicted molar refractivity (Wildman–Crippen MR) is 91.8 cm³/mol. The summed E-state index contributed by atoms with van der Waals surface area (Å²) in [6.45, 7) is 6.55. The van der Waals surface area contributed by atoms with E-state index in [-0.39, 0.29) is 11.9 Å². The fourth-order valence-corrected chi connectivity index (χ4v) is 2.69. The Balaban J connectivity index is 2.65. The average Bonchev–Trinajstić information content (AvgIpc) is 2.51. The molecule has 1 aromatic heterocycles. The molecular weight excluding hydrogens is 314 g/mol. The summed E-state index contributed by atoms with van der Waals surface area (Å²) in [6, 6.07) is 3.30. The quantitative estimate of drug-likeness (QED) is 0.712. The lowest BCUT2D eigenvalue weighted by molar-refractivity contribution is 0.0941. The zero-order valence-electron chi connectivity index (χ0n) is 14.1. The summed E-state index contributed by atoms with van der Waals surface area (Å²) in [5.41, 5.74) is 0.541. The van der Waals surface area contributed by atoms with Crippen LogP contribution in [0.25, 0.3) is 0 Å². The monoisotopic (exact) mass is 339 g/mol. The van der Waals surface area contributed by atoms with Gasteiger partial charge < -0.3 is 15.4 Å². The first-order chi connectivity index (χ1) is 11.0. The van der Waals surface area contributed by atoms with Crippen LogP contribution in [0.4, 0.5) is 4.79 Å². The van der Waals surface area contributed by atoms with E-state index in [1.807, 2.05) is 6.26 Å². The Hall–Kier alpha value is -1.76. The van der Waals surface area contributed by atoms with E-state index in [2.05, 4.69) is 29.5 Å². The molecule has 128 valence electrons. The van der Waals surface area contributed by atoms with E-state index in [9.17, 15) is 9.59 Å². The molecular formula is C16H25N3O3S. The van der Waals surface area contributed by atoms with Crippen molar-refractivity contribution in [3.8, 4) is 0 Å². The number of thioether (sulfide) groups is 1. The molecule has 0 aliphatic rings. The molecule has 7 heteroatoms. The van der Waals surface area contributed by atoms with Crippen molar-refractivity contribution in [3.05, 3.63) is 23.9 Å². The number of rotatable bonds is 8. The summed E-state index contributed by atoms with van der Waals surface area (Å²) >= 11 is 1.42. The molecule has 0 aromatic carbocycles. The van der Waals surface area contributed by atoms with Crippen molar-refractivity contribution < 1.29 is 14.3 Å². The average molecular weight is 339 g/mol. The number of ether oxygens (including phenoxy) is 1. The van der Waals surface area contributed by atoms with Crippen LogP contribution in [0.5, 0.6) is 0 Å². The highest BCUT2D eigenvalue weighted by Crippen LogP contribution is 2.16. The number of pyridine rings is 1. The number of alkyl carbamates (subject to hydrolysis) is 1. The predicted octanol–water partition coefficient (Wildman–Crippen LogP) is 2.69. The maximum Gasteiger partial charge on any atom is 0.407 e. The molecule has 0 saturated heterocycles. The standard InChI is InChI=1S/C16H25N3O3S/c1-5-22-16(21)19-12(9-11(2)3)10-18-14(20)13-7-6-8-17-15(13)23-4/h6-8,11-12H,5,9-10H2,1-4H3,(H,18,20)(H,19,21)/t12-/m1/s1. The van der Waals surface area contributed by atoms with Crippen LogP contribution in [0.15, 0.2) is 23.4 Å². The maximum absolute atomic E-state index is 12.3. The van der Waals surface area contributed by atoms with Crippen LogP contribution in [-0.4, -0.2) is 42.4 Å². The van der Waals surface area contributed by atoms with Gasteiger partial charge in [-0.05, 0) is 37.7 Å². The molecule has 1 heterocycles. The highest BCUT2D eigenvalue weighted by Gasteiger charge is 2.17. The second-order valence-electron chi connectivity index (χ2n) is 5.46. The van der Waals surface area contributed by atoms with Crippen LogP contribution < -0.4 is 10.6 Å². The lowest BCUT2D eigenvalue weighted by atomic mass is 10.0. The normalized spacial score (nSPS) is 11.9. The first kappa shape index (κ1) is 19.3. The number of hydrogen-bond acceptors (Lipinski definition) is 5. The number of nitrogens with zero attached hydrogens (tertiary/aromatic N) is 1. The Morgan fingerprint density at radius 3 is 2.74 bits per heavy atom. The van der Waals surface area contributed by atoms with E-state index in [0.717, 1.165) is 6.42 Å². The molecule has 0 saturated carbocycles. The molecule has 0 radical (unpaired) electrons. The number of aromatic nitrogens is 1. The molecule has 0 aliphatic carbocycles. The number of amides is 2. The smallest absolute Gasteiger partial charge is 0.407 e. The number of carbonyl (C=O) groups is 2. The third-order valence-electron chi connectivity index (χ3n) is 3.07. The van der Waals surface area contributed by atoms with Crippen molar-refractivity contribution in [2.45, 2.75) is 38.3 Å². The summed E-state index contributed by atoms with van der Waals surface area (Å²) in [5.74, 6) is 0.195. The van der Waals surface area contributed by atoms with Gasteiger partial charge in [0.2, 0.25) is 0 Å². The molecule has 23 heavy (non-hydrogen) atoms. The van der Waals surface area contributed by atoms with Crippen molar-refractivity contribution in [3.63, 3.8) is 0 Å². The van der Waals surface area contributed by atoms with Crippen molar-refractivity contribution in [2.75, 3.05) is 19.4 Å². The molecule has 1 aromatic rings. The van der Waals surface area contributed by atoms with E-state index in [4.69, 9.17) is 4.74 Å². The van der Waals surface area contributed by atoms with Gasteiger partial charge in [-0.15, -0.1) is 11.8 Å². The lowest BCUT2D eigenvalue weighted by Gasteiger charge is -2.21. The maximum atomic E-state index is 12.3. The van der Waals surface area contributed by atoms with E-state index >= 15 is 0 Å². The van der Waals surface area contributed by atoms with Gasteiger partial charge in [0.05, 0.1) is 12.2 Å². The molecule has 0 unspecified atom stereocenters. The van der Waals surface area contributed by atoms with Crippen LogP contribution in [0.3, 0.4) is 0 Å². The largest absolute Gasteiger partial charge is 0.450 e. The number of hydrogen-bond donors (Lipinski definition) is 2. The van der Waals surface area contributed by atoms with Gasteiger partial charge >= 0.3 is 6.09 Å². The topological polar surface area (TPSA) is 80.3 Å². The highest BCUT2D eigenvalue weighted by atomic mass is 32.2. The van der Waals surface area contributed by atoms with E-state index in [0.29, 0.717) is 29.7 Å². The van der Waals surface area contributed by atoms with Gasteiger partial charge in [-0.2, -0.15) is 0 Å². The van der Waals surface area contributed by atoms with Crippen molar-refractivity contribution in [2.24, 2.45) is 5.92 Å². The summed E-state index contributed by atoms with van der Waals surface area (Å²) < 4.78 is 4.91. The molecule has 0 bridgehead atoms. The molecule has 6 nitrogen and oxygen atoms in total. The minimum absolute atomic E-state index is 0.174. The lowest BCUT2D eigenvalue weighted by Crippen LogP contribution is -2.44. The molecule has 1 rings (SSSR count). The zero-order valence-corrected chi connectivity index (χ0v) is 14.9. The summed E-state index contributed by atoms with van der Waals surface area (Å²) in [5, 5.41) is 6.34. The number of nitrogens with one attached hydrogen (secondary N) is 2. The summed E-state index contributed by atoms with van der Waals surface area (Å²) in [4.78, 5) is 28.1. The Kier molecular flexibility index (Phi) is 8.47. The second-order valence-corrected chi connectivity index (χ2v) is 6.26. The zero-order chi connectivity index (χ0) is 17.2. The molecule has 0 aliphatic heterocycles. The Morgan fingerprint density at radius 2 is 2.13 bits per heavy atom. The first-order valence-corrected chi connectivity index (χ1v) is 8.90. The minimum atomic E-state index is -0.460. The van der Waals surface area contributed by atoms with Gasteiger partial charge in [-0.1, -0.05) is 13.8 Å². The first-order valence-electron chi connectivity index (χ1n) is 7.68. The Morgan fingerprint density at radius 1 is 1.39 bits per heavy atom.